The van der Waals surface area contributed by atoms with Gasteiger partial charge in [0, 0.05) is 25.2 Å². The summed E-state index contributed by atoms with van der Waals surface area (Å²) in [4.78, 5) is 13.7. The second kappa shape index (κ2) is 6.28. The summed E-state index contributed by atoms with van der Waals surface area (Å²) in [6.45, 7) is 5.10. The molecule has 2 N–H and O–H groups in total. The van der Waals surface area contributed by atoms with E-state index in [1.807, 2.05) is 38.1 Å². The van der Waals surface area contributed by atoms with Crippen LogP contribution in [-0.4, -0.2) is 19.0 Å². The van der Waals surface area contributed by atoms with Crippen LogP contribution in [0.25, 0.3) is 0 Å². The third-order valence-corrected chi connectivity index (χ3v) is 2.52. The lowest BCUT2D eigenvalue weighted by Gasteiger charge is -2.23. The van der Waals surface area contributed by atoms with Crippen molar-refractivity contribution in [1.82, 2.24) is 0 Å². The highest BCUT2D eigenvalue weighted by Crippen LogP contribution is 2.20. The van der Waals surface area contributed by atoms with Gasteiger partial charge in [-0.05, 0) is 25.0 Å². The first-order chi connectivity index (χ1) is 7.70. The Bertz CT molecular complexity index is 350. The molecule has 0 saturated carbocycles. The number of hydrogen-bond acceptors (Lipinski definition) is 2. The molecule has 0 radical (unpaired) electrons. The van der Waals surface area contributed by atoms with Gasteiger partial charge < -0.3 is 10.6 Å². The first kappa shape index (κ1) is 12.7. The molecule has 1 aromatic carbocycles. The van der Waals surface area contributed by atoms with Crippen molar-refractivity contribution in [2.24, 2.45) is 5.73 Å². The van der Waals surface area contributed by atoms with Gasteiger partial charge in [0.05, 0.1) is 0 Å². The smallest absolute Gasteiger partial charge is 0.227 e. The van der Waals surface area contributed by atoms with Gasteiger partial charge in [-0.25, -0.2) is 0 Å². The zero-order valence-electron chi connectivity index (χ0n) is 10.1. The lowest BCUT2D eigenvalue weighted by Crippen LogP contribution is -2.35. The minimum absolute atomic E-state index is 0.155. The molecule has 0 heterocycles. The monoisotopic (exact) mass is 220 g/mol. The van der Waals surface area contributed by atoms with Gasteiger partial charge >= 0.3 is 0 Å². The van der Waals surface area contributed by atoms with Crippen LogP contribution in [0.3, 0.4) is 0 Å². The molecule has 0 aliphatic heterocycles. The van der Waals surface area contributed by atoms with Crippen LogP contribution in [-0.2, 0) is 4.79 Å². The average molecular weight is 220 g/mol. The second-order valence-corrected chi connectivity index (χ2v) is 3.87. The summed E-state index contributed by atoms with van der Waals surface area (Å²) < 4.78 is 0. The molecular formula is C13H20N2O. The van der Waals surface area contributed by atoms with Crippen LogP contribution >= 0.6 is 0 Å². The quantitative estimate of drug-likeness (QED) is 0.826. The van der Waals surface area contributed by atoms with E-state index in [9.17, 15) is 4.79 Å². The molecule has 0 aliphatic rings. The number of anilines is 1. The summed E-state index contributed by atoms with van der Waals surface area (Å²) in [6.07, 6.45) is 1.44. The van der Waals surface area contributed by atoms with Gasteiger partial charge in [-0.15, -0.1) is 0 Å². The van der Waals surface area contributed by atoms with Crippen molar-refractivity contribution in [2.45, 2.75) is 26.7 Å². The van der Waals surface area contributed by atoms with E-state index in [2.05, 4.69) is 0 Å². The second-order valence-electron chi connectivity index (χ2n) is 3.87. The number of amides is 1. The Hall–Kier alpha value is -1.35. The van der Waals surface area contributed by atoms with Crippen LogP contribution in [0, 0.1) is 6.92 Å². The Morgan fingerprint density at radius 2 is 2.06 bits per heavy atom. The standard InChI is InChI=1S/C13H20N2O/c1-3-6-13(16)15(10-9-14)12-8-5-4-7-11(12)2/h4-5,7-8H,3,6,9-10,14H2,1-2H3. The topological polar surface area (TPSA) is 46.3 Å². The van der Waals surface area contributed by atoms with Crippen molar-refractivity contribution in [3.8, 4) is 0 Å². The fourth-order valence-corrected chi connectivity index (χ4v) is 1.72. The van der Waals surface area contributed by atoms with E-state index in [0.29, 0.717) is 19.5 Å². The molecule has 0 spiro atoms. The largest absolute Gasteiger partial charge is 0.329 e. The minimum atomic E-state index is 0.155. The number of carbonyl (C=O) groups is 1. The molecule has 16 heavy (non-hydrogen) atoms. The van der Waals surface area contributed by atoms with E-state index in [1.165, 1.54) is 0 Å². The maximum atomic E-state index is 12.0. The Balaban J connectivity index is 2.93. The van der Waals surface area contributed by atoms with Crippen molar-refractivity contribution in [1.29, 1.82) is 0 Å². The molecule has 1 aromatic rings. The summed E-state index contributed by atoms with van der Waals surface area (Å²) in [5, 5.41) is 0. The summed E-state index contributed by atoms with van der Waals surface area (Å²) in [7, 11) is 0. The van der Waals surface area contributed by atoms with Crippen molar-refractivity contribution in [3.63, 3.8) is 0 Å². The molecule has 0 aromatic heterocycles. The molecule has 88 valence electrons. The first-order valence-corrected chi connectivity index (χ1v) is 5.76. The number of nitrogens with two attached hydrogens (primary N) is 1. The van der Waals surface area contributed by atoms with Gasteiger partial charge in [-0.2, -0.15) is 0 Å². The van der Waals surface area contributed by atoms with E-state index in [4.69, 9.17) is 5.73 Å². The van der Waals surface area contributed by atoms with Gasteiger partial charge in [0.1, 0.15) is 0 Å². The molecule has 0 bridgehead atoms. The molecule has 3 heteroatoms. The number of para-hydroxylation sites is 1. The molecule has 1 rings (SSSR count). The van der Waals surface area contributed by atoms with E-state index >= 15 is 0 Å². The van der Waals surface area contributed by atoms with Crippen LogP contribution in [0.15, 0.2) is 24.3 Å². The predicted octanol–water partition coefficient (Wildman–Crippen LogP) is 2.09. The summed E-state index contributed by atoms with van der Waals surface area (Å²) in [5.74, 6) is 0.155. The van der Waals surface area contributed by atoms with Crippen LogP contribution in [0.1, 0.15) is 25.3 Å². The highest BCUT2D eigenvalue weighted by Gasteiger charge is 2.15. The van der Waals surface area contributed by atoms with Gasteiger partial charge in [-0.3, -0.25) is 4.79 Å². The fourth-order valence-electron chi connectivity index (χ4n) is 1.72. The van der Waals surface area contributed by atoms with Crippen LogP contribution < -0.4 is 10.6 Å². The Labute approximate surface area is 97.2 Å². The SMILES string of the molecule is CCCC(=O)N(CCN)c1ccccc1C. The highest BCUT2D eigenvalue weighted by molar-refractivity contribution is 5.94. The van der Waals surface area contributed by atoms with Crippen molar-refractivity contribution in [3.05, 3.63) is 29.8 Å². The molecule has 1 amide bonds. The van der Waals surface area contributed by atoms with Crippen molar-refractivity contribution < 1.29 is 4.79 Å². The Morgan fingerprint density at radius 3 is 2.62 bits per heavy atom. The van der Waals surface area contributed by atoms with E-state index < -0.39 is 0 Å². The Kier molecular flexibility index (Phi) is 4.99. The normalized spacial score (nSPS) is 10.2. The average Bonchev–Trinajstić information content (AvgIpc) is 2.27. The number of hydrogen-bond donors (Lipinski definition) is 1. The number of carbonyl (C=O) groups excluding carboxylic acids is 1. The summed E-state index contributed by atoms with van der Waals surface area (Å²) in [6, 6.07) is 7.91. The predicted molar refractivity (Wildman–Crippen MR) is 67.5 cm³/mol. The summed E-state index contributed by atoms with van der Waals surface area (Å²) >= 11 is 0. The lowest BCUT2D eigenvalue weighted by molar-refractivity contribution is -0.118. The zero-order chi connectivity index (χ0) is 12.0. The van der Waals surface area contributed by atoms with Gasteiger partial charge in [0.2, 0.25) is 5.91 Å². The first-order valence-electron chi connectivity index (χ1n) is 5.76. The zero-order valence-corrected chi connectivity index (χ0v) is 10.1. The van der Waals surface area contributed by atoms with Gasteiger partial charge in [0.25, 0.3) is 0 Å². The Morgan fingerprint density at radius 1 is 1.38 bits per heavy atom. The number of benzene rings is 1. The van der Waals surface area contributed by atoms with Gasteiger partial charge in [-0.1, -0.05) is 25.1 Å². The van der Waals surface area contributed by atoms with E-state index in [1.54, 1.807) is 4.90 Å². The van der Waals surface area contributed by atoms with Crippen molar-refractivity contribution in [2.75, 3.05) is 18.0 Å². The third-order valence-electron chi connectivity index (χ3n) is 2.52. The van der Waals surface area contributed by atoms with E-state index in [-0.39, 0.29) is 5.91 Å². The molecule has 3 nitrogen and oxygen atoms in total. The maximum absolute atomic E-state index is 12.0. The van der Waals surface area contributed by atoms with E-state index in [0.717, 1.165) is 17.7 Å². The van der Waals surface area contributed by atoms with Gasteiger partial charge in [0.15, 0.2) is 0 Å². The molecule has 0 unspecified atom stereocenters. The summed E-state index contributed by atoms with van der Waals surface area (Å²) in [5.41, 5.74) is 7.65. The number of aryl methyl sites for hydroxylation is 1. The fraction of sp³-hybridized carbons (Fsp3) is 0.462. The molecule has 0 atom stereocenters. The third kappa shape index (κ3) is 3.07. The highest BCUT2D eigenvalue weighted by atomic mass is 16.2. The lowest BCUT2D eigenvalue weighted by atomic mass is 10.1. The van der Waals surface area contributed by atoms with Crippen LogP contribution in [0.4, 0.5) is 5.69 Å². The number of rotatable bonds is 5. The molecule has 0 saturated heterocycles. The molecule has 0 fully saturated rings. The van der Waals surface area contributed by atoms with Crippen LogP contribution in [0.5, 0.6) is 0 Å². The number of nitrogens with zero attached hydrogens (tertiary/aromatic N) is 1. The maximum Gasteiger partial charge on any atom is 0.227 e. The van der Waals surface area contributed by atoms with Crippen LogP contribution in [0.2, 0.25) is 0 Å². The molecule has 0 aliphatic carbocycles. The van der Waals surface area contributed by atoms with Crippen molar-refractivity contribution >= 4 is 11.6 Å². The minimum Gasteiger partial charge on any atom is -0.329 e. The molecular weight excluding hydrogens is 200 g/mol.